The fourth-order valence-corrected chi connectivity index (χ4v) is 2.01. The van der Waals surface area contributed by atoms with E-state index in [0.717, 1.165) is 0 Å². The van der Waals surface area contributed by atoms with Crippen LogP contribution >= 0.6 is 11.3 Å². The molecule has 0 aliphatic rings. The molecule has 0 fully saturated rings. The highest BCUT2D eigenvalue weighted by molar-refractivity contribution is 7.13. The molecule has 0 aromatic carbocycles. The molecule has 0 atom stereocenters. The molecular formula is C10H16N4O3S. The number of nitrogens with zero attached hydrogens (tertiary/aromatic N) is 1. The van der Waals surface area contributed by atoms with Gasteiger partial charge in [0.2, 0.25) is 0 Å². The first kappa shape index (κ1) is 14.2. The van der Waals surface area contributed by atoms with Crippen LogP contribution in [0, 0.1) is 0 Å². The van der Waals surface area contributed by atoms with Crippen LogP contribution in [0.3, 0.4) is 0 Å². The molecule has 100 valence electrons. The van der Waals surface area contributed by atoms with Gasteiger partial charge in [-0.2, -0.15) is 0 Å². The Bertz CT molecular complexity index is 444. The summed E-state index contributed by atoms with van der Waals surface area (Å²) in [5, 5.41) is 16.8. The van der Waals surface area contributed by atoms with Crippen molar-refractivity contribution in [2.45, 2.75) is 19.3 Å². The zero-order chi connectivity index (χ0) is 13.8. The lowest BCUT2D eigenvalue weighted by atomic mass is 9.90. The summed E-state index contributed by atoms with van der Waals surface area (Å²) >= 11 is 1.32. The van der Waals surface area contributed by atoms with Crippen LogP contribution in [0.25, 0.3) is 0 Å². The first-order valence-electron chi connectivity index (χ1n) is 5.30. The number of carbonyl (C=O) groups is 2. The molecule has 1 aromatic rings. The second-order valence-electron chi connectivity index (χ2n) is 4.19. The zero-order valence-electron chi connectivity index (χ0n) is 10.2. The number of carboxylic acid groups (broad SMARTS) is 1. The third kappa shape index (κ3) is 3.59. The van der Waals surface area contributed by atoms with Gasteiger partial charge in [0.15, 0.2) is 5.13 Å². The van der Waals surface area contributed by atoms with Crippen molar-refractivity contribution in [3.8, 4) is 0 Å². The fraction of sp³-hybridized carbons (Fsp3) is 0.500. The van der Waals surface area contributed by atoms with Gasteiger partial charge < -0.3 is 21.5 Å². The van der Waals surface area contributed by atoms with Crippen molar-refractivity contribution >= 4 is 28.5 Å². The Balaban J connectivity index is 2.54. The maximum absolute atomic E-state index is 11.0. The molecule has 1 aromatic heterocycles. The van der Waals surface area contributed by atoms with Crippen LogP contribution in [0.5, 0.6) is 0 Å². The minimum absolute atomic E-state index is 0.382. The Kier molecular flexibility index (Phi) is 4.49. The SMILES string of the molecule is CC(C)(C(=O)O)c1csc(NCCNC(N)=O)n1. The van der Waals surface area contributed by atoms with Crippen LogP contribution in [-0.2, 0) is 10.2 Å². The molecule has 7 nitrogen and oxygen atoms in total. The summed E-state index contributed by atoms with van der Waals surface area (Å²) in [6.45, 7) is 4.06. The number of carboxylic acids is 1. The van der Waals surface area contributed by atoms with Gasteiger partial charge in [-0.25, -0.2) is 9.78 Å². The van der Waals surface area contributed by atoms with Crippen LogP contribution < -0.4 is 16.4 Å². The predicted molar refractivity (Wildman–Crippen MR) is 68.9 cm³/mol. The number of urea groups is 1. The van der Waals surface area contributed by atoms with Gasteiger partial charge in [-0.05, 0) is 13.8 Å². The molecule has 1 rings (SSSR count). The highest BCUT2D eigenvalue weighted by Crippen LogP contribution is 2.27. The number of carbonyl (C=O) groups excluding carboxylic acids is 1. The van der Waals surface area contributed by atoms with Crippen molar-refractivity contribution < 1.29 is 14.7 Å². The summed E-state index contributed by atoms with van der Waals surface area (Å²) < 4.78 is 0. The Hall–Kier alpha value is -1.83. The molecule has 0 aliphatic heterocycles. The van der Waals surface area contributed by atoms with E-state index in [1.807, 2.05) is 0 Å². The summed E-state index contributed by atoms with van der Waals surface area (Å²) in [5.41, 5.74) is 4.40. The zero-order valence-corrected chi connectivity index (χ0v) is 11.0. The number of amides is 2. The average Bonchev–Trinajstić information content (AvgIpc) is 2.73. The molecule has 18 heavy (non-hydrogen) atoms. The van der Waals surface area contributed by atoms with E-state index in [2.05, 4.69) is 15.6 Å². The predicted octanol–water partition coefficient (Wildman–Crippen LogP) is 0.586. The van der Waals surface area contributed by atoms with Gasteiger partial charge in [0.05, 0.1) is 5.69 Å². The molecular weight excluding hydrogens is 256 g/mol. The third-order valence-corrected chi connectivity index (χ3v) is 3.18. The number of primary amides is 1. The fourth-order valence-electron chi connectivity index (χ4n) is 1.11. The average molecular weight is 272 g/mol. The van der Waals surface area contributed by atoms with Gasteiger partial charge in [0.1, 0.15) is 5.41 Å². The number of thiazole rings is 1. The normalized spacial score (nSPS) is 11.0. The van der Waals surface area contributed by atoms with Crippen molar-refractivity contribution in [3.63, 3.8) is 0 Å². The summed E-state index contributed by atoms with van der Waals surface area (Å²) in [7, 11) is 0. The number of hydrogen-bond donors (Lipinski definition) is 4. The van der Waals surface area contributed by atoms with Gasteiger partial charge in [-0.3, -0.25) is 4.79 Å². The molecule has 2 amide bonds. The van der Waals surface area contributed by atoms with Crippen LogP contribution in [0.15, 0.2) is 5.38 Å². The van der Waals surface area contributed by atoms with Gasteiger partial charge in [0.25, 0.3) is 0 Å². The van der Waals surface area contributed by atoms with Gasteiger partial charge in [-0.15, -0.1) is 11.3 Å². The van der Waals surface area contributed by atoms with E-state index < -0.39 is 17.4 Å². The second-order valence-corrected chi connectivity index (χ2v) is 5.04. The van der Waals surface area contributed by atoms with E-state index in [0.29, 0.717) is 23.9 Å². The van der Waals surface area contributed by atoms with E-state index in [-0.39, 0.29) is 0 Å². The number of nitrogens with two attached hydrogens (primary N) is 1. The summed E-state index contributed by atoms with van der Waals surface area (Å²) in [6.07, 6.45) is 0. The van der Waals surface area contributed by atoms with Crippen LogP contribution in [0.4, 0.5) is 9.93 Å². The largest absolute Gasteiger partial charge is 0.481 e. The Morgan fingerprint density at radius 1 is 1.50 bits per heavy atom. The second kappa shape index (κ2) is 5.67. The molecule has 0 bridgehead atoms. The van der Waals surface area contributed by atoms with E-state index >= 15 is 0 Å². The van der Waals surface area contributed by atoms with Crippen molar-refractivity contribution in [1.29, 1.82) is 0 Å². The van der Waals surface area contributed by atoms with E-state index in [9.17, 15) is 9.59 Å². The number of rotatable bonds is 6. The maximum Gasteiger partial charge on any atom is 0.315 e. The van der Waals surface area contributed by atoms with Gasteiger partial charge >= 0.3 is 12.0 Å². The third-order valence-electron chi connectivity index (χ3n) is 2.38. The molecule has 1 heterocycles. The quantitative estimate of drug-likeness (QED) is 0.565. The summed E-state index contributed by atoms with van der Waals surface area (Å²) in [4.78, 5) is 25.7. The van der Waals surface area contributed by atoms with E-state index in [4.69, 9.17) is 10.8 Å². The van der Waals surface area contributed by atoms with Crippen LogP contribution in [0.2, 0.25) is 0 Å². The standard InChI is InChI=1S/C10H16N4O3S/c1-10(2,7(15)16)6-5-18-9(14-6)13-4-3-12-8(11)17/h5H,3-4H2,1-2H3,(H,13,14)(H,15,16)(H3,11,12,17). The first-order valence-corrected chi connectivity index (χ1v) is 6.18. The number of anilines is 1. The Morgan fingerprint density at radius 3 is 2.72 bits per heavy atom. The molecule has 0 aliphatic carbocycles. The van der Waals surface area contributed by atoms with Crippen molar-refractivity contribution in [2.24, 2.45) is 5.73 Å². The van der Waals surface area contributed by atoms with Gasteiger partial charge in [-0.1, -0.05) is 0 Å². The first-order chi connectivity index (χ1) is 8.34. The summed E-state index contributed by atoms with van der Waals surface area (Å²) in [5.74, 6) is -0.922. The highest BCUT2D eigenvalue weighted by atomic mass is 32.1. The van der Waals surface area contributed by atoms with Crippen molar-refractivity contribution in [2.75, 3.05) is 18.4 Å². The molecule has 8 heteroatoms. The van der Waals surface area contributed by atoms with E-state index in [1.54, 1.807) is 19.2 Å². The van der Waals surface area contributed by atoms with Crippen molar-refractivity contribution in [3.05, 3.63) is 11.1 Å². The number of hydrogen-bond acceptors (Lipinski definition) is 5. The number of aromatic nitrogens is 1. The topological polar surface area (TPSA) is 117 Å². The molecule has 0 saturated heterocycles. The monoisotopic (exact) mass is 272 g/mol. The van der Waals surface area contributed by atoms with Crippen LogP contribution in [-0.4, -0.2) is 35.2 Å². The van der Waals surface area contributed by atoms with Crippen molar-refractivity contribution in [1.82, 2.24) is 10.3 Å². The Morgan fingerprint density at radius 2 is 2.17 bits per heavy atom. The molecule has 5 N–H and O–H groups in total. The highest BCUT2D eigenvalue weighted by Gasteiger charge is 2.32. The van der Waals surface area contributed by atoms with Gasteiger partial charge in [0, 0.05) is 18.5 Å². The lowest BCUT2D eigenvalue weighted by Crippen LogP contribution is -2.33. The lowest BCUT2D eigenvalue weighted by molar-refractivity contribution is -0.142. The maximum atomic E-state index is 11.0. The smallest absolute Gasteiger partial charge is 0.315 e. The minimum atomic E-state index is -1.01. The number of nitrogens with one attached hydrogen (secondary N) is 2. The minimum Gasteiger partial charge on any atom is -0.481 e. The summed E-state index contributed by atoms with van der Waals surface area (Å²) in [6, 6.07) is -0.580. The lowest BCUT2D eigenvalue weighted by Gasteiger charge is -2.15. The molecule has 0 saturated carbocycles. The molecule has 0 radical (unpaired) electrons. The molecule has 0 unspecified atom stereocenters. The van der Waals surface area contributed by atoms with Crippen LogP contribution in [0.1, 0.15) is 19.5 Å². The Labute approximate surface area is 108 Å². The van der Waals surface area contributed by atoms with E-state index in [1.165, 1.54) is 11.3 Å². The number of aliphatic carboxylic acids is 1. The molecule has 0 spiro atoms.